The van der Waals surface area contributed by atoms with Crippen LogP contribution in [0.4, 0.5) is 17.1 Å². The lowest BCUT2D eigenvalue weighted by Gasteiger charge is -2.22. The van der Waals surface area contributed by atoms with E-state index >= 15 is 0 Å². The third kappa shape index (κ3) is 3.10. The van der Waals surface area contributed by atoms with Gasteiger partial charge in [-0.25, -0.2) is 9.97 Å². The zero-order valence-corrected chi connectivity index (χ0v) is 12.5. The fraction of sp³-hybridized carbons (Fsp3) is 0.267. The SMILES string of the molecule is CN(Cc1ncccn1)c1cc2c(cc1[N+](=O)[O-])CCC(=O)N2. The van der Waals surface area contributed by atoms with Crippen molar-refractivity contribution in [1.82, 2.24) is 9.97 Å². The first-order valence-electron chi connectivity index (χ1n) is 7.13. The molecular formula is C15H15N5O3. The molecule has 1 aliphatic rings. The van der Waals surface area contributed by atoms with Crippen LogP contribution >= 0.6 is 0 Å². The summed E-state index contributed by atoms with van der Waals surface area (Å²) in [5.74, 6) is 0.484. The second kappa shape index (κ2) is 5.99. The van der Waals surface area contributed by atoms with Crippen LogP contribution in [0.25, 0.3) is 0 Å². The second-order valence-corrected chi connectivity index (χ2v) is 5.32. The summed E-state index contributed by atoms with van der Waals surface area (Å²) in [6.07, 6.45) is 4.10. The Bertz CT molecular complexity index is 763. The average molecular weight is 313 g/mol. The van der Waals surface area contributed by atoms with Crippen molar-refractivity contribution in [2.45, 2.75) is 19.4 Å². The Kier molecular flexibility index (Phi) is 3.88. The summed E-state index contributed by atoms with van der Waals surface area (Å²) in [5, 5.41) is 14.2. The molecule has 1 aliphatic heterocycles. The van der Waals surface area contributed by atoms with Crippen molar-refractivity contribution in [2.24, 2.45) is 0 Å². The van der Waals surface area contributed by atoms with Crippen LogP contribution in [0.1, 0.15) is 17.8 Å². The predicted molar refractivity (Wildman–Crippen MR) is 84.2 cm³/mol. The number of carbonyl (C=O) groups excluding carboxylic acids is 1. The van der Waals surface area contributed by atoms with Gasteiger partial charge in [-0.2, -0.15) is 0 Å². The molecule has 0 bridgehead atoms. The lowest BCUT2D eigenvalue weighted by Crippen LogP contribution is -2.22. The van der Waals surface area contributed by atoms with Gasteiger partial charge in [-0.05, 0) is 24.1 Å². The molecule has 0 fully saturated rings. The number of hydrogen-bond acceptors (Lipinski definition) is 6. The number of nitrogens with one attached hydrogen (secondary N) is 1. The Morgan fingerprint density at radius 2 is 2.04 bits per heavy atom. The number of nitrogens with zero attached hydrogens (tertiary/aromatic N) is 4. The van der Waals surface area contributed by atoms with Gasteiger partial charge in [-0.3, -0.25) is 14.9 Å². The summed E-state index contributed by atoms with van der Waals surface area (Å²) in [6, 6.07) is 4.89. The molecule has 1 N–H and O–H groups in total. The van der Waals surface area contributed by atoms with Crippen LogP contribution in [-0.4, -0.2) is 27.8 Å². The first-order chi connectivity index (χ1) is 11.0. The Hall–Kier alpha value is -3.03. The lowest BCUT2D eigenvalue weighted by atomic mass is 10.0. The minimum Gasteiger partial charge on any atom is -0.361 e. The van der Waals surface area contributed by atoms with Crippen molar-refractivity contribution >= 4 is 23.0 Å². The predicted octanol–water partition coefficient (Wildman–Crippen LogP) is 1.91. The highest BCUT2D eigenvalue weighted by Gasteiger charge is 2.24. The van der Waals surface area contributed by atoms with Crippen molar-refractivity contribution in [1.29, 1.82) is 0 Å². The van der Waals surface area contributed by atoms with Gasteiger partial charge in [-0.1, -0.05) is 0 Å². The maximum atomic E-state index is 11.5. The van der Waals surface area contributed by atoms with Gasteiger partial charge in [0.05, 0.1) is 11.5 Å². The number of carbonyl (C=O) groups is 1. The monoisotopic (exact) mass is 313 g/mol. The van der Waals surface area contributed by atoms with Gasteiger partial charge in [0.1, 0.15) is 11.5 Å². The van der Waals surface area contributed by atoms with Crippen LogP contribution in [0, 0.1) is 10.1 Å². The highest BCUT2D eigenvalue weighted by molar-refractivity contribution is 5.95. The number of hydrogen-bond donors (Lipinski definition) is 1. The molecule has 8 nitrogen and oxygen atoms in total. The van der Waals surface area contributed by atoms with Crippen molar-refractivity contribution in [3.05, 3.63) is 52.1 Å². The minimum atomic E-state index is -0.408. The Balaban J connectivity index is 1.97. The van der Waals surface area contributed by atoms with E-state index in [9.17, 15) is 14.9 Å². The van der Waals surface area contributed by atoms with E-state index in [1.54, 1.807) is 36.5 Å². The molecule has 1 aromatic carbocycles. The van der Waals surface area contributed by atoms with Crippen LogP contribution in [0.15, 0.2) is 30.6 Å². The van der Waals surface area contributed by atoms with Gasteiger partial charge >= 0.3 is 0 Å². The third-order valence-corrected chi connectivity index (χ3v) is 3.70. The fourth-order valence-electron chi connectivity index (χ4n) is 2.57. The summed E-state index contributed by atoms with van der Waals surface area (Å²) in [7, 11) is 1.73. The molecule has 3 rings (SSSR count). The third-order valence-electron chi connectivity index (χ3n) is 3.70. The molecule has 23 heavy (non-hydrogen) atoms. The zero-order valence-electron chi connectivity index (χ0n) is 12.5. The van der Waals surface area contributed by atoms with Gasteiger partial charge in [0.2, 0.25) is 5.91 Å². The smallest absolute Gasteiger partial charge is 0.292 e. The number of nitro benzene ring substituents is 1. The summed E-state index contributed by atoms with van der Waals surface area (Å²) in [6.45, 7) is 0.328. The number of aromatic nitrogens is 2. The van der Waals surface area contributed by atoms with Crippen molar-refractivity contribution in [3.8, 4) is 0 Å². The van der Waals surface area contributed by atoms with Gasteiger partial charge in [-0.15, -0.1) is 0 Å². The lowest BCUT2D eigenvalue weighted by molar-refractivity contribution is -0.384. The standard InChI is InChI=1S/C15H15N5O3/c1-19(9-14-16-5-2-6-17-14)12-8-11-10(3-4-15(21)18-11)7-13(12)20(22)23/h2,5-8H,3-4,9H2,1H3,(H,18,21). The van der Waals surface area contributed by atoms with Gasteiger partial charge in [0, 0.05) is 37.6 Å². The largest absolute Gasteiger partial charge is 0.361 e. The van der Waals surface area contributed by atoms with Gasteiger partial charge < -0.3 is 10.2 Å². The molecule has 0 radical (unpaired) electrons. The molecule has 1 aromatic heterocycles. The maximum Gasteiger partial charge on any atom is 0.292 e. The summed E-state index contributed by atoms with van der Waals surface area (Å²) in [5.41, 5.74) is 1.84. The summed E-state index contributed by atoms with van der Waals surface area (Å²) < 4.78 is 0. The van der Waals surface area contributed by atoms with E-state index in [2.05, 4.69) is 15.3 Å². The number of fused-ring (bicyclic) bond motifs is 1. The number of anilines is 2. The van der Waals surface area contributed by atoms with Gasteiger partial charge in [0.15, 0.2) is 0 Å². The van der Waals surface area contributed by atoms with E-state index in [1.807, 2.05) is 0 Å². The molecule has 2 heterocycles. The molecule has 2 aromatic rings. The van der Waals surface area contributed by atoms with Crippen molar-refractivity contribution in [2.75, 3.05) is 17.3 Å². The molecular weight excluding hydrogens is 298 g/mol. The van der Waals surface area contributed by atoms with Crippen LogP contribution < -0.4 is 10.2 Å². The van der Waals surface area contributed by atoms with Crippen LogP contribution in [0.5, 0.6) is 0 Å². The first-order valence-corrected chi connectivity index (χ1v) is 7.13. The quantitative estimate of drug-likeness (QED) is 0.683. The van der Waals surface area contributed by atoms with Crippen molar-refractivity contribution < 1.29 is 9.72 Å². The Morgan fingerprint density at radius 3 is 2.74 bits per heavy atom. The molecule has 0 aliphatic carbocycles. The number of aryl methyl sites for hydroxylation is 1. The fourth-order valence-corrected chi connectivity index (χ4v) is 2.57. The Morgan fingerprint density at radius 1 is 1.30 bits per heavy atom. The maximum absolute atomic E-state index is 11.5. The molecule has 0 atom stereocenters. The normalized spacial score (nSPS) is 13.2. The highest BCUT2D eigenvalue weighted by atomic mass is 16.6. The van der Waals surface area contributed by atoms with E-state index in [4.69, 9.17) is 0 Å². The molecule has 0 unspecified atom stereocenters. The van der Waals surface area contributed by atoms with E-state index in [1.165, 1.54) is 6.07 Å². The van der Waals surface area contributed by atoms with E-state index in [0.717, 1.165) is 5.56 Å². The highest BCUT2D eigenvalue weighted by Crippen LogP contribution is 2.36. The zero-order chi connectivity index (χ0) is 16.4. The minimum absolute atomic E-state index is 0.0123. The molecule has 0 saturated heterocycles. The second-order valence-electron chi connectivity index (χ2n) is 5.32. The number of rotatable bonds is 4. The Labute approximate surface area is 132 Å². The molecule has 0 spiro atoms. The van der Waals surface area contributed by atoms with E-state index in [0.29, 0.717) is 36.6 Å². The van der Waals surface area contributed by atoms with E-state index in [-0.39, 0.29) is 11.6 Å². The van der Waals surface area contributed by atoms with Crippen LogP contribution in [-0.2, 0) is 17.8 Å². The number of nitro groups is 1. The topological polar surface area (TPSA) is 101 Å². The molecule has 118 valence electrons. The van der Waals surface area contributed by atoms with Gasteiger partial charge in [0.25, 0.3) is 5.69 Å². The van der Waals surface area contributed by atoms with Crippen molar-refractivity contribution in [3.63, 3.8) is 0 Å². The summed E-state index contributed by atoms with van der Waals surface area (Å²) in [4.78, 5) is 32.5. The van der Waals surface area contributed by atoms with Crippen LogP contribution in [0.3, 0.4) is 0 Å². The molecule has 8 heteroatoms. The number of amides is 1. The van der Waals surface area contributed by atoms with E-state index < -0.39 is 4.92 Å². The first kappa shape index (κ1) is 14.9. The molecule has 0 saturated carbocycles. The van der Waals surface area contributed by atoms with Crippen LogP contribution in [0.2, 0.25) is 0 Å². The summed E-state index contributed by atoms with van der Waals surface area (Å²) >= 11 is 0. The molecule has 1 amide bonds. The average Bonchev–Trinajstić information content (AvgIpc) is 2.54. The number of benzene rings is 1.